The van der Waals surface area contributed by atoms with Gasteiger partial charge in [-0.25, -0.2) is 4.98 Å². The summed E-state index contributed by atoms with van der Waals surface area (Å²) < 4.78 is 5.13. The number of rotatable bonds is 2. The molecule has 0 aliphatic heterocycles. The van der Waals surface area contributed by atoms with Crippen LogP contribution >= 0.6 is 11.6 Å². The van der Waals surface area contributed by atoms with Gasteiger partial charge in [-0.2, -0.15) is 0 Å². The summed E-state index contributed by atoms with van der Waals surface area (Å²) in [5.41, 5.74) is 7.10. The topological polar surface area (TPSA) is 48.1 Å². The fraction of sp³-hybridized carbons (Fsp3) is 0.583. The van der Waals surface area contributed by atoms with Crippen molar-refractivity contribution in [3.8, 4) is 5.88 Å². The summed E-state index contributed by atoms with van der Waals surface area (Å²) in [4.78, 5) is 4.43. The van der Waals surface area contributed by atoms with Crippen molar-refractivity contribution in [1.29, 1.82) is 0 Å². The predicted octanol–water partition coefficient (Wildman–Crippen LogP) is 2.73. The highest BCUT2D eigenvalue weighted by molar-refractivity contribution is 6.31. The lowest BCUT2D eigenvalue weighted by Gasteiger charge is -2.26. The van der Waals surface area contributed by atoms with Gasteiger partial charge in [0.25, 0.3) is 0 Å². The first-order valence-corrected chi connectivity index (χ1v) is 5.92. The molecule has 2 N–H and O–H groups in total. The van der Waals surface area contributed by atoms with E-state index in [1.54, 1.807) is 7.11 Å². The number of nitrogens with two attached hydrogens (primary N) is 1. The minimum absolute atomic E-state index is 0.161. The normalized spacial score (nSPS) is 29.4. The van der Waals surface area contributed by atoms with Crippen molar-refractivity contribution in [3.63, 3.8) is 0 Å². The molecular weight excluding hydrogens is 224 g/mol. The van der Waals surface area contributed by atoms with Gasteiger partial charge in [-0.05, 0) is 31.9 Å². The standard InChI is InChI=1S/C12H17ClN2O/c1-12(14)7-3-4-8(12)10-6-5-9(13)11(15-10)16-2/h5-6,8H,3-4,7,14H2,1-2H3. The van der Waals surface area contributed by atoms with Gasteiger partial charge in [-0.15, -0.1) is 0 Å². The van der Waals surface area contributed by atoms with E-state index in [0.29, 0.717) is 16.8 Å². The van der Waals surface area contributed by atoms with Gasteiger partial charge in [0.1, 0.15) is 5.02 Å². The number of hydrogen-bond donors (Lipinski definition) is 1. The van der Waals surface area contributed by atoms with E-state index in [1.807, 2.05) is 12.1 Å². The molecule has 2 atom stereocenters. The zero-order valence-electron chi connectivity index (χ0n) is 9.66. The molecule has 2 rings (SSSR count). The van der Waals surface area contributed by atoms with Crippen LogP contribution in [0, 0.1) is 0 Å². The Morgan fingerprint density at radius 3 is 2.88 bits per heavy atom. The molecule has 1 saturated carbocycles. The molecule has 1 aromatic heterocycles. The number of halogens is 1. The molecule has 2 unspecified atom stereocenters. The summed E-state index contributed by atoms with van der Waals surface area (Å²) in [5, 5.41) is 0.544. The zero-order valence-corrected chi connectivity index (χ0v) is 10.4. The SMILES string of the molecule is COc1nc(C2CCCC2(C)N)ccc1Cl. The number of hydrogen-bond acceptors (Lipinski definition) is 3. The molecule has 1 aliphatic carbocycles. The van der Waals surface area contributed by atoms with Crippen LogP contribution in [-0.2, 0) is 0 Å². The van der Waals surface area contributed by atoms with Gasteiger partial charge in [-0.1, -0.05) is 18.0 Å². The number of methoxy groups -OCH3 is 1. The summed E-state index contributed by atoms with van der Waals surface area (Å²) in [6.45, 7) is 2.09. The molecule has 88 valence electrons. The van der Waals surface area contributed by atoms with Crippen molar-refractivity contribution < 1.29 is 4.74 Å². The molecule has 0 aromatic carbocycles. The monoisotopic (exact) mass is 240 g/mol. The van der Waals surface area contributed by atoms with E-state index >= 15 is 0 Å². The van der Waals surface area contributed by atoms with Gasteiger partial charge >= 0.3 is 0 Å². The third kappa shape index (κ3) is 2.02. The highest BCUT2D eigenvalue weighted by Crippen LogP contribution is 2.41. The molecule has 0 amide bonds. The van der Waals surface area contributed by atoms with Gasteiger partial charge in [0, 0.05) is 17.2 Å². The minimum Gasteiger partial charge on any atom is -0.480 e. The second-order valence-electron chi connectivity index (χ2n) is 4.68. The number of aromatic nitrogens is 1. The van der Waals surface area contributed by atoms with Crippen molar-refractivity contribution >= 4 is 11.6 Å². The van der Waals surface area contributed by atoms with Crippen LogP contribution < -0.4 is 10.5 Å². The zero-order chi connectivity index (χ0) is 11.8. The molecule has 1 aromatic rings. The number of pyridine rings is 1. The van der Waals surface area contributed by atoms with Gasteiger partial charge < -0.3 is 10.5 Å². The Hall–Kier alpha value is -0.800. The highest BCUT2D eigenvalue weighted by atomic mass is 35.5. The lowest BCUT2D eigenvalue weighted by atomic mass is 9.87. The summed E-state index contributed by atoms with van der Waals surface area (Å²) >= 11 is 5.96. The van der Waals surface area contributed by atoms with Crippen molar-refractivity contribution in [2.75, 3.05) is 7.11 Å². The molecular formula is C12H17ClN2O. The van der Waals surface area contributed by atoms with E-state index in [9.17, 15) is 0 Å². The molecule has 0 bridgehead atoms. The molecule has 0 saturated heterocycles. The second-order valence-corrected chi connectivity index (χ2v) is 5.09. The van der Waals surface area contributed by atoms with Crippen LogP contribution in [0.1, 0.15) is 37.8 Å². The van der Waals surface area contributed by atoms with E-state index in [0.717, 1.165) is 25.0 Å². The van der Waals surface area contributed by atoms with Gasteiger partial charge in [0.2, 0.25) is 5.88 Å². The summed E-state index contributed by atoms with van der Waals surface area (Å²) in [7, 11) is 1.58. The van der Waals surface area contributed by atoms with Crippen LogP contribution in [0.15, 0.2) is 12.1 Å². The van der Waals surface area contributed by atoms with Crippen LogP contribution in [-0.4, -0.2) is 17.6 Å². The number of ether oxygens (including phenoxy) is 1. The van der Waals surface area contributed by atoms with E-state index < -0.39 is 0 Å². The first kappa shape index (κ1) is 11.7. The Kier molecular flexibility index (Phi) is 3.08. The molecule has 1 fully saturated rings. The lowest BCUT2D eigenvalue weighted by Crippen LogP contribution is -2.38. The van der Waals surface area contributed by atoms with Crippen molar-refractivity contribution in [2.45, 2.75) is 37.6 Å². The molecule has 3 nitrogen and oxygen atoms in total. The van der Waals surface area contributed by atoms with E-state index in [4.69, 9.17) is 22.1 Å². The number of nitrogens with zero attached hydrogens (tertiary/aromatic N) is 1. The molecule has 16 heavy (non-hydrogen) atoms. The summed E-state index contributed by atoms with van der Waals surface area (Å²) in [5.74, 6) is 0.792. The Morgan fingerprint density at radius 2 is 2.31 bits per heavy atom. The van der Waals surface area contributed by atoms with Crippen LogP contribution in [0.3, 0.4) is 0 Å². The van der Waals surface area contributed by atoms with Gasteiger partial charge in [0.05, 0.1) is 7.11 Å². The fourth-order valence-corrected chi connectivity index (χ4v) is 2.63. The minimum atomic E-state index is -0.161. The lowest BCUT2D eigenvalue weighted by molar-refractivity contribution is 0.385. The van der Waals surface area contributed by atoms with E-state index in [2.05, 4.69) is 11.9 Å². The largest absolute Gasteiger partial charge is 0.480 e. The Balaban J connectivity index is 2.34. The van der Waals surface area contributed by atoms with Crippen molar-refractivity contribution in [1.82, 2.24) is 4.98 Å². The Morgan fingerprint density at radius 1 is 1.56 bits per heavy atom. The first-order chi connectivity index (χ1) is 7.54. The average molecular weight is 241 g/mol. The fourth-order valence-electron chi connectivity index (χ4n) is 2.45. The molecule has 1 heterocycles. The molecule has 0 radical (unpaired) electrons. The smallest absolute Gasteiger partial charge is 0.232 e. The third-order valence-corrected chi connectivity index (χ3v) is 3.68. The van der Waals surface area contributed by atoms with Gasteiger partial charge in [0.15, 0.2) is 0 Å². The van der Waals surface area contributed by atoms with Crippen LogP contribution in [0.5, 0.6) is 5.88 Å². The second kappa shape index (κ2) is 4.22. The Labute approximate surface area is 101 Å². The average Bonchev–Trinajstić information content (AvgIpc) is 2.59. The maximum Gasteiger partial charge on any atom is 0.232 e. The van der Waals surface area contributed by atoms with Gasteiger partial charge in [-0.3, -0.25) is 0 Å². The van der Waals surface area contributed by atoms with E-state index in [1.165, 1.54) is 0 Å². The van der Waals surface area contributed by atoms with Crippen LogP contribution in [0.25, 0.3) is 0 Å². The highest BCUT2D eigenvalue weighted by Gasteiger charge is 2.37. The maximum absolute atomic E-state index is 6.27. The van der Waals surface area contributed by atoms with Crippen LogP contribution in [0.2, 0.25) is 5.02 Å². The third-order valence-electron chi connectivity index (χ3n) is 3.39. The first-order valence-electron chi connectivity index (χ1n) is 5.54. The molecule has 1 aliphatic rings. The quantitative estimate of drug-likeness (QED) is 0.865. The molecule has 0 spiro atoms. The van der Waals surface area contributed by atoms with Crippen LogP contribution in [0.4, 0.5) is 0 Å². The summed E-state index contributed by atoms with van der Waals surface area (Å²) in [6, 6.07) is 3.78. The van der Waals surface area contributed by atoms with E-state index in [-0.39, 0.29) is 5.54 Å². The summed E-state index contributed by atoms with van der Waals surface area (Å²) in [6.07, 6.45) is 3.29. The predicted molar refractivity (Wildman–Crippen MR) is 65.0 cm³/mol. The maximum atomic E-state index is 6.27. The van der Waals surface area contributed by atoms with Crippen molar-refractivity contribution in [2.24, 2.45) is 5.73 Å². The van der Waals surface area contributed by atoms with Crippen molar-refractivity contribution in [3.05, 3.63) is 22.8 Å². The Bertz CT molecular complexity index is 393. The molecule has 4 heteroatoms.